The average Bonchev–Trinajstić information content (AvgIpc) is 2.73. The van der Waals surface area contributed by atoms with Gasteiger partial charge in [0.05, 0.1) is 8.80 Å². The molecule has 0 aromatic heterocycles. The molecule has 0 aliphatic heterocycles. The summed E-state index contributed by atoms with van der Waals surface area (Å²) in [6.07, 6.45) is 22.7. The predicted molar refractivity (Wildman–Crippen MR) is 133 cm³/mol. The smallest absolute Gasteiger partial charge is 0.0680 e. The van der Waals surface area contributed by atoms with E-state index in [9.17, 15) is 0 Å². The largest absolute Gasteiger partial charge is 0.0999 e. The van der Waals surface area contributed by atoms with Gasteiger partial charge in [-0.15, -0.1) is 0 Å². The Morgan fingerprint density at radius 3 is 1.64 bits per heavy atom. The third-order valence-electron chi connectivity index (χ3n) is 6.18. The average molecular weight is 401 g/mol. The van der Waals surface area contributed by atoms with Gasteiger partial charge in [0.15, 0.2) is 0 Å². The molecule has 0 bridgehead atoms. The second-order valence-electron chi connectivity index (χ2n) is 8.95. The first-order valence-corrected chi connectivity index (χ1v) is 15.0. The van der Waals surface area contributed by atoms with Crippen molar-refractivity contribution < 1.29 is 0 Å². The monoisotopic (exact) mass is 400 g/mol. The topological polar surface area (TPSA) is 0 Å². The summed E-state index contributed by atoms with van der Waals surface area (Å²) in [6, 6.07) is 12.5. The van der Waals surface area contributed by atoms with Crippen molar-refractivity contribution in [3.63, 3.8) is 0 Å². The third-order valence-corrected chi connectivity index (χ3v) is 8.86. The van der Waals surface area contributed by atoms with Gasteiger partial charge in [0.25, 0.3) is 0 Å². The zero-order chi connectivity index (χ0) is 20.3. The minimum atomic E-state index is -0.754. The SMILES string of the molecule is C=C(CCCCCCCCCCCCCCCC)CC[SiH](C)c1ccccc1. The van der Waals surface area contributed by atoms with Gasteiger partial charge in [-0.25, -0.2) is 0 Å². The lowest BCUT2D eigenvalue weighted by Gasteiger charge is -2.11. The highest BCUT2D eigenvalue weighted by molar-refractivity contribution is 6.72. The van der Waals surface area contributed by atoms with Gasteiger partial charge < -0.3 is 0 Å². The van der Waals surface area contributed by atoms with Gasteiger partial charge in [-0.1, -0.05) is 151 Å². The lowest BCUT2D eigenvalue weighted by atomic mass is 10.0. The molecule has 0 aliphatic carbocycles. The van der Waals surface area contributed by atoms with E-state index < -0.39 is 8.80 Å². The normalized spacial score (nSPS) is 12.2. The first-order valence-electron chi connectivity index (χ1n) is 12.5. The van der Waals surface area contributed by atoms with Crippen LogP contribution < -0.4 is 5.19 Å². The van der Waals surface area contributed by atoms with Gasteiger partial charge >= 0.3 is 0 Å². The second kappa shape index (κ2) is 18.2. The Hall–Kier alpha value is -0.823. The van der Waals surface area contributed by atoms with Crippen LogP contribution >= 0.6 is 0 Å². The van der Waals surface area contributed by atoms with Gasteiger partial charge in [0.1, 0.15) is 0 Å². The molecule has 28 heavy (non-hydrogen) atoms. The summed E-state index contributed by atoms with van der Waals surface area (Å²) in [7, 11) is -0.754. The predicted octanol–water partition coefficient (Wildman–Crippen LogP) is 8.57. The van der Waals surface area contributed by atoms with Crippen LogP contribution in [0, 0.1) is 0 Å². The summed E-state index contributed by atoms with van der Waals surface area (Å²) < 4.78 is 0. The molecule has 1 aromatic rings. The Balaban J connectivity index is 1.83. The first-order chi connectivity index (χ1) is 13.7. The fourth-order valence-electron chi connectivity index (χ4n) is 4.06. The minimum absolute atomic E-state index is 0.754. The fourth-order valence-corrected chi connectivity index (χ4v) is 6.12. The molecule has 0 N–H and O–H groups in total. The van der Waals surface area contributed by atoms with Crippen molar-refractivity contribution in [2.45, 2.75) is 122 Å². The molecular formula is C27H48Si. The second-order valence-corrected chi connectivity index (χ2v) is 12.0. The summed E-state index contributed by atoms with van der Waals surface area (Å²) in [5.41, 5.74) is 1.49. The third kappa shape index (κ3) is 14.2. The lowest BCUT2D eigenvalue weighted by Crippen LogP contribution is -2.25. The maximum Gasteiger partial charge on any atom is 0.0680 e. The van der Waals surface area contributed by atoms with Crippen molar-refractivity contribution in [1.29, 1.82) is 0 Å². The Morgan fingerprint density at radius 1 is 0.679 bits per heavy atom. The Morgan fingerprint density at radius 2 is 1.14 bits per heavy atom. The minimum Gasteiger partial charge on any atom is -0.0999 e. The van der Waals surface area contributed by atoms with E-state index in [1.165, 1.54) is 114 Å². The van der Waals surface area contributed by atoms with Crippen LogP contribution in [0.5, 0.6) is 0 Å². The number of rotatable bonds is 19. The zero-order valence-corrected chi connectivity index (χ0v) is 20.3. The van der Waals surface area contributed by atoms with Crippen LogP contribution in [0.2, 0.25) is 12.6 Å². The molecule has 1 aromatic carbocycles. The van der Waals surface area contributed by atoms with Crippen molar-refractivity contribution >= 4 is 14.0 Å². The number of hydrogen-bond donors (Lipinski definition) is 0. The highest BCUT2D eigenvalue weighted by Gasteiger charge is 2.07. The van der Waals surface area contributed by atoms with Crippen LogP contribution in [0.3, 0.4) is 0 Å². The van der Waals surface area contributed by atoms with E-state index in [4.69, 9.17) is 0 Å². The van der Waals surface area contributed by atoms with Crippen molar-refractivity contribution in [2.75, 3.05) is 0 Å². The van der Waals surface area contributed by atoms with E-state index in [0.29, 0.717) is 0 Å². The van der Waals surface area contributed by atoms with Crippen molar-refractivity contribution in [3.05, 3.63) is 42.5 Å². The highest BCUT2D eigenvalue weighted by atomic mass is 28.3. The first kappa shape index (κ1) is 25.2. The Kier molecular flexibility index (Phi) is 16.4. The quantitative estimate of drug-likeness (QED) is 0.124. The zero-order valence-electron chi connectivity index (χ0n) is 19.2. The molecule has 1 atom stereocenters. The van der Waals surface area contributed by atoms with Gasteiger partial charge in [-0.2, -0.15) is 0 Å². The van der Waals surface area contributed by atoms with Gasteiger partial charge in [0, 0.05) is 0 Å². The Labute approximate surface area is 178 Å². The molecule has 0 spiro atoms. The van der Waals surface area contributed by atoms with Gasteiger partial charge in [-0.05, 0) is 19.3 Å². The molecule has 1 heteroatoms. The number of benzene rings is 1. The van der Waals surface area contributed by atoms with Crippen LogP contribution in [0.15, 0.2) is 42.5 Å². The van der Waals surface area contributed by atoms with Crippen LogP contribution in [-0.4, -0.2) is 8.80 Å². The Bertz CT molecular complexity index is 464. The molecule has 0 radical (unpaired) electrons. The maximum absolute atomic E-state index is 4.34. The van der Waals surface area contributed by atoms with E-state index in [1.54, 1.807) is 5.19 Å². The number of allylic oxidation sites excluding steroid dienone is 1. The maximum atomic E-state index is 4.34. The molecular weight excluding hydrogens is 352 g/mol. The van der Waals surface area contributed by atoms with Crippen LogP contribution in [0.25, 0.3) is 0 Å². The molecule has 0 saturated carbocycles. The van der Waals surface area contributed by atoms with Crippen LogP contribution in [0.1, 0.15) is 110 Å². The lowest BCUT2D eigenvalue weighted by molar-refractivity contribution is 0.535. The molecule has 0 nitrogen and oxygen atoms in total. The molecule has 0 heterocycles. The number of hydrogen-bond acceptors (Lipinski definition) is 0. The molecule has 0 amide bonds. The molecule has 0 aliphatic rings. The summed E-state index contributed by atoms with van der Waals surface area (Å²) in [5.74, 6) is 0. The summed E-state index contributed by atoms with van der Waals surface area (Å²) in [4.78, 5) is 0. The standard InChI is InChI=1S/C27H48Si/c1-4-5-6-7-8-9-10-11-12-13-14-15-16-18-21-26(2)24-25-28(3)27-22-19-17-20-23-27/h17,19-20,22-23,28H,2,4-16,18,21,24-25H2,1,3H3. The molecule has 160 valence electrons. The van der Waals surface area contributed by atoms with Crippen LogP contribution in [0.4, 0.5) is 0 Å². The van der Waals surface area contributed by atoms with Crippen molar-refractivity contribution in [1.82, 2.24) is 0 Å². The summed E-state index contributed by atoms with van der Waals surface area (Å²) in [5, 5.41) is 1.60. The van der Waals surface area contributed by atoms with E-state index in [0.717, 1.165) is 0 Å². The van der Waals surface area contributed by atoms with E-state index in [1.807, 2.05) is 0 Å². The molecule has 1 unspecified atom stereocenters. The van der Waals surface area contributed by atoms with Crippen molar-refractivity contribution in [2.24, 2.45) is 0 Å². The molecule has 1 rings (SSSR count). The highest BCUT2D eigenvalue weighted by Crippen LogP contribution is 2.17. The van der Waals surface area contributed by atoms with Crippen LogP contribution in [-0.2, 0) is 0 Å². The molecule has 0 saturated heterocycles. The molecule has 0 fully saturated rings. The summed E-state index contributed by atoms with van der Waals surface area (Å²) in [6.45, 7) is 9.12. The van der Waals surface area contributed by atoms with Gasteiger partial charge in [0.2, 0.25) is 0 Å². The van der Waals surface area contributed by atoms with E-state index in [-0.39, 0.29) is 0 Å². The van der Waals surface area contributed by atoms with Gasteiger partial charge in [-0.3, -0.25) is 0 Å². The van der Waals surface area contributed by atoms with E-state index in [2.05, 4.69) is 50.4 Å². The summed E-state index contributed by atoms with van der Waals surface area (Å²) >= 11 is 0. The number of unbranched alkanes of at least 4 members (excludes halogenated alkanes) is 13. The van der Waals surface area contributed by atoms with Crippen molar-refractivity contribution in [3.8, 4) is 0 Å². The fraction of sp³-hybridized carbons (Fsp3) is 0.704. The van der Waals surface area contributed by atoms with E-state index >= 15 is 0 Å².